The summed E-state index contributed by atoms with van der Waals surface area (Å²) >= 11 is 0. The molecule has 1 atom stereocenters. The summed E-state index contributed by atoms with van der Waals surface area (Å²) in [6, 6.07) is 0.354. The lowest BCUT2D eigenvalue weighted by molar-refractivity contribution is 0.136. The van der Waals surface area contributed by atoms with Gasteiger partial charge in [0.05, 0.1) is 0 Å². The minimum atomic E-state index is 0.0700. The molecule has 0 radical (unpaired) electrons. The van der Waals surface area contributed by atoms with Gasteiger partial charge in [-0.1, -0.05) is 6.92 Å². The highest BCUT2D eigenvalue weighted by Gasteiger charge is 2.32. The maximum Gasteiger partial charge on any atom is 0.138 e. The van der Waals surface area contributed by atoms with Gasteiger partial charge in [-0.15, -0.1) is 0 Å². The van der Waals surface area contributed by atoms with Gasteiger partial charge in [-0.05, 0) is 41.4 Å². The van der Waals surface area contributed by atoms with E-state index in [4.69, 9.17) is 0 Å². The second-order valence-corrected chi connectivity index (χ2v) is 5.35. The Morgan fingerprint density at radius 2 is 2.06 bits per heavy atom. The lowest BCUT2D eigenvalue weighted by atomic mass is 9.90. The van der Waals surface area contributed by atoms with Crippen molar-refractivity contribution in [3.8, 4) is 0 Å². The van der Waals surface area contributed by atoms with Crippen LogP contribution in [-0.2, 0) is 13.0 Å². The molecule has 1 aromatic rings. The Morgan fingerprint density at radius 1 is 1.39 bits per heavy atom. The van der Waals surface area contributed by atoms with Crippen molar-refractivity contribution in [2.75, 3.05) is 20.6 Å². The molecule has 5 nitrogen and oxygen atoms in total. The van der Waals surface area contributed by atoms with E-state index in [0.717, 1.165) is 25.3 Å². The predicted octanol–water partition coefficient (Wildman–Crippen LogP) is 1.16. The molecule has 0 saturated heterocycles. The quantitative estimate of drug-likeness (QED) is 0.792. The Balaban J connectivity index is 2.87. The van der Waals surface area contributed by atoms with Crippen molar-refractivity contribution in [3.63, 3.8) is 0 Å². The molecule has 0 saturated carbocycles. The fourth-order valence-electron chi connectivity index (χ4n) is 2.02. The summed E-state index contributed by atoms with van der Waals surface area (Å²) < 4.78 is 1.97. The van der Waals surface area contributed by atoms with E-state index in [1.54, 1.807) is 6.33 Å². The molecular formula is C13H27N5. The Kier molecular flexibility index (Phi) is 5.28. The van der Waals surface area contributed by atoms with Gasteiger partial charge in [-0.2, -0.15) is 5.10 Å². The third kappa shape index (κ3) is 3.29. The van der Waals surface area contributed by atoms with E-state index >= 15 is 0 Å². The van der Waals surface area contributed by atoms with E-state index in [-0.39, 0.29) is 5.54 Å². The summed E-state index contributed by atoms with van der Waals surface area (Å²) in [6.45, 7) is 10.6. The molecule has 0 amide bonds. The number of likely N-dealkylation sites (N-methyl/N-ethyl adjacent to an activating group) is 2. The predicted molar refractivity (Wildman–Crippen MR) is 74.6 cm³/mol. The fraction of sp³-hybridized carbons (Fsp3) is 0.846. The van der Waals surface area contributed by atoms with Crippen molar-refractivity contribution in [2.45, 2.75) is 52.2 Å². The molecule has 0 aromatic carbocycles. The summed E-state index contributed by atoms with van der Waals surface area (Å²) in [6.07, 6.45) is 2.54. The minimum Gasteiger partial charge on any atom is -0.312 e. The largest absolute Gasteiger partial charge is 0.312 e. The van der Waals surface area contributed by atoms with E-state index in [2.05, 4.69) is 62.1 Å². The zero-order valence-electron chi connectivity index (χ0n) is 12.6. The van der Waals surface area contributed by atoms with Gasteiger partial charge in [-0.3, -0.25) is 4.68 Å². The van der Waals surface area contributed by atoms with E-state index in [1.165, 1.54) is 0 Å². The van der Waals surface area contributed by atoms with Crippen molar-refractivity contribution < 1.29 is 0 Å². The summed E-state index contributed by atoms with van der Waals surface area (Å²) in [4.78, 5) is 6.63. The smallest absolute Gasteiger partial charge is 0.138 e. The van der Waals surface area contributed by atoms with Crippen LogP contribution in [0.15, 0.2) is 6.33 Å². The molecule has 0 aliphatic rings. The van der Waals surface area contributed by atoms with Crippen molar-refractivity contribution in [1.82, 2.24) is 25.0 Å². The SMILES string of the molecule is CCNC(Cc1ncnn1CC)C(C)(C)N(C)C. The van der Waals surface area contributed by atoms with Crippen LogP contribution < -0.4 is 5.32 Å². The fourth-order valence-corrected chi connectivity index (χ4v) is 2.02. The first kappa shape index (κ1) is 15.1. The number of nitrogens with one attached hydrogen (secondary N) is 1. The second-order valence-electron chi connectivity index (χ2n) is 5.35. The number of aromatic nitrogens is 3. The first-order valence-corrected chi connectivity index (χ1v) is 6.70. The Bertz CT molecular complexity index is 356. The minimum absolute atomic E-state index is 0.0700. The molecule has 0 bridgehead atoms. The lowest BCUT2D eigenvalue weighted by Crippen LogP contribution is -2.56. The standard InChI is InChI=1S/C13H27N5/c1-7-14-11(13(3,4)17(5)6)9-12-15-10-16-18(12)8-2/h10-11,14H,7-9H2,1-6H3. The highest BCUT2D eigenvalue weighted by atomic mass is 15.3. The first-order chi connectivity index (χ1) is 8.43. The van der Waals surface area contributed by atoms with Crippen LogP contribution in [0.4, 0.5) is 0 Å². The number of hydrogen-bond acceptors (Lipinski definition) is 4. The molecule has 0 spiro atoms. The van der Waals surface area contributed by atoms with Crippen LogP contribution in [0.1, 0.15) is 33.5 Å². The van der Waals surface area contributed by atoms with E-state index in [0.29, 0.717) is 6.04 Å². The molecule has 1 aromatic heterocycles. The lowest BCUT2D eigenvalue weighted by Gasteiger charge is -2.40. The zero-order chi connectivity index (χ0) is 13.8. The van der Waals surface area contributed by atoms with Gasteiger partial charge in [0.15, 0.2) is 0 Å². The van der Waals surface area contributed by atoms with E-state index < -0.39 is 0 Å². The van der Waals surface area contributed by atoms with Gasteiger partial charge in [0.1, 0.15) is 12.2 Å². The molecule has 0 aliphatic carbocycles. The van der Waals surface area contributed by atoms with Crippen molar-refractivity contribution in [2.24, 2.45) is 0 Å². The Morgan fingerprint density at radius 3 is 2.56 bits per heavy atom. The highest BCUT2D eigenvalue weighted by molar-refractivity contribution is 4.99. The molecule has 1 N–H and O–H groups in total. The van der Waals surface area contributed by atoms with Crippen molar-refractivity contribution >= 4 is 0 Å². The number of rotatable bonds is 7. The molecule has 104 valence electrons. The summed E-state index contributed by atoms with van der Waals surface area (Å²) in [5.41, 5.74) is 0.0700. The van der Waals surface area contributed by atoms with Gasteiger partial charge < -0.3 is 10.2 Å². The van der Waals surface area contributed by atoms with Gasteiger partial charge in [0.25, 0.3) is 0 Å². The second kappa shape index (κ2) is 6.29. The average molecular weight is 253 g/mol. The van der Waals surface area contributed by atoms with Gasteiger partial charge >= 0.3 is 0 Å². The van der Waals surface area contributed by atoms with Crippen LogP contribution in [0, 0.1) is 0 Å². The molecule has 18 heavy (non-hydrogen) atoms. The third-order valence-electron chi connectivity index (χ3n) is 3.84. The molecule has 1 heterocycles. The van der Waals surface area contributed by atoms with Crippen LogP contribution >= 0.6 is 0 Å². The molecule has 5 heteroatoms. The van der Waals surface area contributed by atoms with Crippen molar-refractivity contribution in [3.05, 3.63) is 12.2 Å². The average Bonchev–Trinajstić information content (AvgIpc) is 2.75. The summed E-state index contributed by atoms with van der Waals surface area (Å²) in [5, 5.41) is 7.81. The van der Waals surface area contributed by atoms with Crippen LogP contribution in [0.3, 0.4) is 0 Å². The van der Waals surface area contributed by atoms with E-state index in [1.807, 2.05) is 4.68 Å². The zero-order valence-corrected chi connectivity index (χ0v) is 12.6. The topological polar surface area (TPSA) is 46.0 Å². The molecule has 0 fully saturated rings. The first-order valence-electron chi connectivity index (χ1n) is 6.70. The summed E-state index contributed by atoms with van der Waals surface area (Å²) in [5.74, 6) is 1.05. The van der Waals surface area contributed by atoms with Gasteiger partial charge in [-0.25, -0.2) is 4.98 Å². The highest BCUT2D eigenvalue weighted by Crippen LogP contribution is 2.19. The maximum atomic E-state index is 4.38. The van der Waals surface area contributed by atoms with Gasteiger partial charge in [0.2, 0.25) is 0 Å². The summed E-state index contributed by atoms with van der Waals surface area (Å²) in [7, 11) is 4.24. The number of aryl methyl sites for hydroxylation is 1. The van der Waals surface area contributed by atoms with Crippen LogP contribution in [-0.4, -0.2) is 51.9 Å². The Hall–Kier alpha value is -0.940. The molecular weight excluding hydrogens is 226 g/mol. The molecule has 1 unspecified atom stereocenters. The van der Waals surface area contributed by atoms with Crippen LogP contribution in [0.25, 0.3) is 0 Å². The number of hydrogen-bond donors (Lipinski definition) is 1. The van der Waals surface area contributed by atoms with Crippen LogP contribution in [0.2, 0.25) is 0 Å². The van der Waals surface area contributed by atoms with Gasteiger partial charge in [0, 0.05) is 24.5 Å². The molecule has 1 rings (SSSR count). The Labute approximate surface area is 111 Å². The normalized spacial score (nSPS) is 14.2. The maximum absolute atomic E-state index is 4.38. The number of nitrogens with zero attached hydrogens (tertiary/aromatic N) is 4. The van der Waals surface area contributed by atoms with E-state index in [9.17, 15) is 0 Å². The third-order valence-corrected chi connectivity index (χ3v) is 3.84. The monoisotopic (exact) mass is 253 g/mol. The molecule has 0 aliphatic heterocycles. The van der Waals surface area contributed by atoms with Crippen molar-refractivity contribution in [1.29, 1.82) is 0 Å². The van der Waals surface area contributed by atoms with Crippen LogP contribution in [0.5, 0.6) is 0 Å².